The number of aryl methyl sites for hydroxylation is 2. The molecule has 1 atom stereocenters. The number of carbonyl (C=O) groups excluding carboxylic acids is 2. The lowest BCUT2D eigenvalue weighted by Crippen LogP contribution is -2.48. The first-order valence-corrected chi connectivity index (χ1v) is 14.8. The highest BCUT2D eigenvalue weighted by Crippen LogP contribution is 2.22. The Kier molecular flexibility index (Phi) is 11.0. The molecule has 2 amide bonds. The van der Waals surface area contributed by atoms with E-state index in [1.54, 1.807) is 11.8 Å². The SMILES string of the molecule is Cc1cc(C)cc(N(CCCC(=O)N(Cc2ccc(Br)cc2)[C@@H](C)C(=O)NCC(C)C)S(C)(=O)=O)c1. The summed E-state index contributed by atoms with van der Waals surface area (Å²) < 4.78 is 27.3. The van der Waals surface area contributed by atoms with Crippen molar-refractivity contribution in [1.29, 1.82) is 0 Å². The van der Waals surface area contributed by atoms with Crippen LogP contribution in [0.4, 0.5) is 5.69 Å². The van der Waals surface area contributed by atoms with Crippen LogP contribution in [0.1, 0.15) is 50.3 Å². The van der Waals surface area contributed by atoms with Crippen LogP contribution >= 0.6 is 15.9 Å². The summed E-state index contributed by atoms with van der Waals surface area (Å²) in [6.07, 6.45) is 1.62. The minimum atomic E-state index is -3.53. The van der Waals surface area contributed by atoms with Gasteiger partial charge in [-0.1, -0.05) is 48.0 Å². The van der Waals surface area contributed by atoms with E-state index in [9.17, 15) is 18.0 Å². The van der Waals surface area contributed by atoms with Crippen molar-refractivity contribution in [3.05, 3.63) is 63.6 Å². The number of hydrogen-bond acceptors (Lipinski definition) is 4. The molecule has 0 saturated heterocycles. The second-order valence-electron chi connectivity index (χ2n) is 9.75. The second kappa shape index (κ2) is 13.2. The van der Waals surface area contributed by atoms with E-state index in [0.717, 1.165) is 21.2 Å². The van der Waals surface area contributed by atoms with Gasteiger partial charge in [-0.3, -0.25) is 13.9 Å². The van der Waals surface area contributed by atoms with Gasteiger partial charge in [0.15, 0.2) is 0 Å². The highest BCUT2D eigenvalue weighted by atomic mass is 79.9. The Hall–Kier alpha value is -2.39. The van der Waals surface area contributed by atoms with Crippen LogP contribution in [0.2, 0.25) is 0 Å². The smallest absolute Gasteiger partial charge is 0.242 e. The van der Waals surface area contributed by atoms with Gasteiger partial charge in [-0.25, -0.2) is 8.42 Å². The molecular weight excluding hydrogens is 542 g/mol. The molecule has 0 radical (unpaired) electrons. The maximum atomic E-state index is 13.3. The summed E-state index contributed by atoms with van der Waals surface area (Å²) in [5.41, 5.74) is 3.44. The molecule has 0 saturated carbocycles. The Bertz CT molecular complexity index is 1130. The molecule has 0 spiro atoms. The zero-order chi connectivity index (χ0) is 27.0. The molecule has 0 aliphatic heterocycles. The van der Waals surface area contributed by atoms with Gasteiger partial charge in [0, 0.05) is 30.5 Å². The fraction of sp³-hybridized carbons (Fsp3) is 0.481. The summed E-state index contributed by atoms with van der Waals surface area (Å²) >= 11 is 3.42. The largest absolute Gasteiger partial charge is 0.354 e. The molecule has 0 bridgehead atoms. The minimum absolute atomic E-state index is 0.120. The van der Waals surface area contributed by atoms with Gasteiger partial charge in [0.2, 0.25) is 21.8 Å². The average molecular weight is 581 g/mol. The first kappa shape index (κ1) is 29.8. The summed E-state index contributed by atoms with van der Waals surface area (Å²) in [5.74, 6) is -0.106. The maximum absolute atomic E-state index is 13.3. The van der Waals surface area contributed by atoms with Crippen LogP contribution in [-0.4, -0.2) is 50.5 Å². The van der Waals surface area contributed by atoms with Crippen molar-refractivity contribution in [2.75, 3.05) is 23.7 Å². The summed E-state index contributed by atoms with van der Waals surface area (Å²) in [5, 5.41) is 2.91. The number of anilines is 1. The van der Waals surface area contributed by atoms with Crippen molar-refractivity contribution in [1.82, 2.24) is 10.2 Å². The molecule has 198 valence electrons. The van der Waals surface area contributed by atoms with Crippen molar-refractivity contribution in [2.24, 2.45) is 5.92 Å². The van der Waals surface area contributed by atoms with Crippen LogP contribution in [0, 0.1) is 19.8 Å². The van der Waals surface area contributed by atoms with E-state index in [-0.39, 0.29) is 31.3 Å². The topological polar surface area (TPSA) is 86.8 Å². The molecule has 36 heavy (non-hydrogen) atoms. The van der Waals surface area contributed by atoms with E-state index in [4.69, 9.17) is 0 Å². The lowest BCUT2D eigenvalue weighted by Gasteiger charge is -2.30. The highest BCUT2D eigenvalue weighted by Gasteiger charge is 2.26. The molecular formula is C27H38BrN3O4S. The molecule has 0 aliphatic carbocycles. The van der Waals surface area contributed by atoms with E-state index in [2.05, 4.69) is 21.2 Å². The van der Waals surface area contributed by atoms with E-state index < -0.39 is 16.1 Å². The first-order valence-electron chi connectivity index (χ1n) is 12.2. The zero-order valence-electron chi connectivity index (χ0n) is 22.0. The Labute approximate surface area is 224 Å². The maximum Gasteiger partial charge on any atom is 0.242 e. The Morgan fingerprint density at radius 3 is 2.11 bits per heavy atom. The number of hydrogen-bond donors (Lipinski definition) is 1. The number of nitrogens with one attached hydrogen (secondary N) is 1. The van der Waals surface area contributed by atoms with Crippen molar-refractivity contribution in [3.63, 3.8) is 0 Å². The van der Waals surface area contributed by atoms with Gasteiger partial charge < -0.3 is 10.2 Å². The van der Waals surface area contributed by atoms with Crippen molar-refractivity contribution in [3.8, 4) is 0 Å². The Morgan fingerprint density at radius 1 is 1.00 bits per heavy atom. The summed E-state index contributed by atoms with van der Waals surface area (Å²) in [4.78, 5) is 27.7. The number of carbonyl (C=O) groups is 2. The van der Waals surface area contributed by atoms with Crippen LogP contribution in [0.15, 0.2) is 46.9 Å². The van der Waals surface area contributed by atoms with Crippen LogP contribution < -0.4 is 9.62 Å². The van der Waals surface area contributed by atoms with Crippen LogP contribution in [0.25, 0.3) is 0 Å². The van der Waals surface area contributed by atoms with Crippen molar-refractivity contribution < 1.29 is 18.0 Å². The average Bonchev–Trinajstić information content (AvgIpc) is 2.77. The standard InChI is InChI=1S/C27H38BrN3O4S/c1-19(2)17-29-27(33)22(5)30(18-23-9-11-24(28)12-10-23)26(32)8-7-13-31(36(6,34)35)25-15-20(3)14-21(4)16-25/h9-12,14-16,19,22H,7-8,13,17-18H2,1-6H3,(H,29,33)/t22-/m0/s1. The number of nitrogens with zero attached hydrogens (tertiary/aromatic N) is 2. The predicted octanol–water partition coefficient (Wildman–Crippen LogP) is 4.80. The van der Waals surface area contributed by atoms with E-state index in [1.165, 1.54) is 10.6 Å². The Balaban J connectivity index is 2.18. The molecule has 2 rings (SSSR count). The number of halogens is 1. The lowest BCUT2D eigenvalue weighted by atomic mass is 10.1. The molecule has 2 aromatic rings. The molecule has 2 aromatic carbocycles. The van der Waals surface area contributed by atoms with Crippen LogP contribution in [0.5, 0.6) is 0 Å². The zero-order valence-corrected chi connectivity index (χ0v) is 24.4. The van der Waals surface area contributed by atoms with Crippen LogP contribution in [0.3, 0.4) is 0 Å². The molecule has 0 fully saturated rings. The second-order valence-corrected chi connectivity index (χ2v) is 12.6. The third-order valence-electron chi connectivity index (χ3n) is 5.76. The molecule has 0 heterocycles. The third kappa shape index (κ3) is 9.24. The number of amides is 2. The molecule has 7 nitrogen and oxygen atoms in total. The highest BCUT2D eigenvalue weighted by molar-refractivity contribution is 9.10. The lowest BCUT2D eigenvalue weighted by molar-refractivity contribution is -0.140. The van der Waals surface area contributed by atoms with E-state index in [1.807, 2.05) is 70.2 Å². The van der Waals surface area contributed by atoms with Crippen molar-refractivity contribution in [2.45, 2.75) is 60.0 Å². The molecule has 0 unspecified atom stereocenters. The number of sulfonamides is 1. The van der Waals surface area contributed by atoms with Gasteiger partial charge in [-0.05, 0) is 74.1 Å². The molecule has 0 aliphatic rings. The fourth-order valence-corrected chi connectivity index (χ4v) is 5.13. The normalized spacial score (nSPS) is 12.3. The molecule has 1 N–H and O–H groups in total. The van der Waals surface area contributed by atoms with Gasteiger partial charge in [-0.15, -0.1) is 0 Å². The van der Waals surface area contributed by atoms with Gasteiger partial charge in [0.1, 0.15) is 6.04 Å². The monoisotopic (exact) mass is 579 g/mol. The van der Waals surface area contributed by atoms with Gasteiger partial charge in [-0.2, -0.15) is 0 Å². The summed E-state index contributed by atoms with van der Waals surface area (Å²) in [6.45, 7) is 10.6. The third-order valence-corrected chi connectivity index (χ3v) is 7.49. The summed E-state index contributed by atoms with van der Waals surface area (Å²) in [6, 6.07) is 12.6. The number of rotatable bonds is 12. The minimum Gasteiger partial charge on any atom is -0.354 e. The molecule has 0 aromatic heterocycles. The fourth-order valence-electron chi connectivity index (χ4n) is 3.92. The van der Waals surface area contributed by atoms with Crippen LogP contribution in [-0.2, 0) is 26.2 Å². The predicted molar refractivity (Wildman–Crippen MR) is 149 cm³/mol. The van der Waals surface area contributed by atoms with Gasteiger partial charge in [0.25, 0.3) is 0 Å². The number of benzene rings is 2. The Morgan fingerprint density at radius 2 is 1.58 bits per heavy atom. The van der Waals surface area contributed by atoms with Gasteiger partial charge >= 0.3 is 0 Å². The van der Waals surface area contributed by atoms with E-state index >= 15 is 0 Å². The van der Waals surface area contributed by atoms with E-state index in [0.29, 0.717) is 24.6 Å². The quantitative estimate of drug-likeness (QED) is 0.391. The molecule has 9 heteroatoms. The van der Waals surface area contributed by atoms with Gasteiger partial charge in [0.05, 0.1) is 11.9 Å². The first-order chi connectivity index (χ1) is 16.8. The van der Waals surface area contributed by atoms with Crippen molar-refractivity contribution >= 4 is 43.5 Å². The summed E-state index contributed by atoms with van der Waals surface area (Å²) in [7, 11) is -3.53.